The van der Waals surface area contributed by atoms with Gasteiger partial charge in [0.1, 0.15) is 23.0 Å². The number of rotatable bonds is 6. The zero-order valence-electron chi connectivity index (χ0n) is 23.5. The molecular weight excluding hydrogens is 492 g/mol. The van der Waals surface area contributed by atoms with Crippen LogP contribution in [0, 0.1) is 0 Å². The van der Waals surface area contributed by atoms with Gasteiger partial charge in [-0.25, -0.2) is 0 Å². The number of ether oxygens (including phenoxy) is 2. The molecule has 4 N–H and O–H groups in total. The molecule has 5 rings (SSSR count). The highest BCUT2D eigenvalue weighted by Gasteiger charge is 2.33. The topological polar surface area (TPSA) is 70.5 Å². The predicted octanol–water partition coefficient (Wildman–Crippen LogP) is 10.0. The van der Waals surface area contributed by atoms with E-state index in [9.17, 15) is 0 Å². The van der Waals surface area contributed by atoms with Crippen LogP contribution in [0.15, 0.2) is 97.1 Å². The van der Waals surface area contributed by atoms with Gasteiger partial charge in [-0.3, -0.25) is 0 Å². The normalized spacial score (nSPS) is 16.3. The number of anilines is 2. The van der Waals surface area contributed by atoms with Gasteiger partial charge in [0.05, 0.1) is 0 Å². The van der Waals surface area contributed by atoms with Gasteiger partial charge in [0.2, 0.25) is 0 Å². The molecule has 0 aliphatic heterocycles. The fourth-order valence-corrected chi connectivity index (χ4v) is 5.99. The van der Waals surface area contributed by atoms with E-state index >= 15 is 0 Å². The molecule has 40 heavy (non-hydrogen) atoms. The molecule has 0 unspecified atom stereocenters. The summed E-state index contributed by atoms with van der Waals surface area (Å²) < 4.78 is 12.3. The van der Waals surface area contributed by atoms with E-state index in [0.29, 0.717) is 0 Å². The molecular formula is C36H42N2O2. The lowest BCUT2D eigenvalue weighted by atomic mass is 9.67. The van der Waals surface area contributed by atoms with Crippen LogP contribution in [0.3, 0.4) is 0 Å². The average molecular weight is 535 g/mol. The fourth-order valence-electron chi connectivity index (χ4n) is 5.99. The van der Waals surface area contributed by atoms with Gasteiger partial charge in [-0.2, -0.15) is 0 Å². The number of nitrogens with two attached hydrogens (primary N) is 2. The van der Waals surface area contributed by atoms with Crippen molar-refractivity contribution in [1.29, 1.82) is 0 Å². The molecule has 1 saturated carbocycles. The van der Waals surface area contributed by atoms with Gasteiger partial charge in [-0.1, -0.05) is 82.1 Å². The smallest absolute Gasteiger partial charge is 0.127 e. The molecule has 1 aliphatic carbocycles. The Morgan fingerprint density at radius 2 is 0.650 bits per heavy atom. The van der Waals surface area contributed by atoms with E-state index < -0.39 is 0 Å². The Hall–Kier alpha value is -3.92. The van der Waals surface area contributed by atoms with E-state index in [2.05, 4.69) is 48.5 Å². The predicted molar refractivity (Wildman–Crippen MR) is 166 cm³/mol. The van der Waals surface area contributed by atoms with Crippen molar-refractivity contribution in [3.05, 3.63) is 108 Å². The molecule has 4 nitrogen and oxygen atoms in total. The van der Waals surface area contributed by atoms with Gasteiger partial charge in [0, 0.05) is 16.8 Å². The van der Waals surface area contributed by atoms with Crippen LogP contribution in [0.1, 0.15) is 81.8 Å². The van der Waals surface area contributed by atoms with E-state index in [1.807, 2.05) is 48.5 Å². The molecule has 0 spiro atoms. The minimum atomic E-state index is -0.0430. The van der Waals surface area contributed by atoms with Gasteiger partial charge >= 0.3 is 0 Å². The maximum absolute atomic E-state index is 6.13. The van der Waals surface area contributed by atoms with Crippen molar-refractivity contribution < 1.29 is 9.47 Å². The molecule has 0 saturated heterocycles. The molecule has 4 aromatic carbocycles. The van der Waals surface area contributed by atoms with E-state index in [1.165, 1.54) is 68.9 Å². The van der Waals surface area contributed by atoms with Crippen molar-refractivity contribution >= 4 is 11.4 Å². The van der Waals surface area contributed by atoms with Crippen LogP contribution >= 0.6 is 0 Å². The summed E-state index contributed by atoms with van der Waals surface area (Å²) in [7, 11) is 0. The maximum atomic E-state index is 6.13. The zero-order valence-corrected chi connectivity index (χ0v) is 23.5. The summed E-state index contributed by atoms with van der Waals surface area (Å²) in [6.45, 7) is 0. The molecule has 208 valence electrons. The van der Waals surface area contributed by atoms with Crippen LogP contribution in [0.4, 0.5) is 11.4 Å². The molecule has 0 aromatic heterocycles. The highest BCUT2D eigenvalue weighted by molar-refractivity contribution is 5.47. The first-order chi connectivity index (χ1) is 19.6. The zero-order chi connectivity index (χ0) is 27.6. The monoisotopic (exact) mass is 534 g/mol. The lowest BCUT2D eigenvalue weighted by molar-refractivity contribution is 0.382. The highest BCUT2D eigenvalue weighted by Crippen LogP contribution is 2.44. The lowest BCUT2D eigenvalue weighted by Gasteiger charge is -2.36. The maximum Gasteiger partial charge on any atom is 0.127 e. The molecule has 4 aromatic rings. The summed E-state index contributed by atoms with van der Waals surface area (Å²) in [5.41, 5.74) is 15.8. The van der Waals surface area contributed by atoms with Gasteiger partial charge in [0.25, 0.3) is 0 Å². The summed E-state index contributed by atoms with van der Waals surface area (Å²) in [5.74, 6) is 3.26. The molecule has 0 atom stereocenters. The number of hydrogen-bond donors (Lipinski definition) is 2. The molecule has 1 aliphatic rings. The third kappa shape index (κ3) is 7.18. The number of benzene rings is 4. The third-order valence-electron chi connectivity index (χ3n) is 8.25. The molecule has 1 fully saturated rings. The Balaban J connectivity index is 1.43. The SMILES string of the molecule is Nc1ccc(Oc2ccc(C3(c4ccc(Oc5ccc(N)cc5)cc4)CCCCCCCCCCC3)cc2)cc1. The number of hydrogen-bond acceptors (Lipinski definition) is 4. The number of nitrogen functional groups attached to an aromatic ring is 2. The Bertz CT molecular complexity index is 1210. The first kappa shape index (κ1) is 27.6. The van der Waals surface area contributed by atoms with Crippen LogP contribution < -0.4 is 20.9 Å². The van der Waals surface area contributed by atoms with Crippen molar-refractivity contribution in [1.82, 2.24) is 0 Å². The van der Waals surface area contributed by atoms with E-state index in [4.69, 9.17) is 20.9 Å². The Morgan fingerprint density at radius 1 is 0.375 bits per heavy atom. The van der Waals surface area contributed by atoms with Crippen LogP contribution in [0.5, 0.6) is 23.0 Å². The van der Waals surface area contributed by atoms with Crippen molar-refractivity contribution in [3.8, 4) is 23.0 Å². The third-order valence-corrected chi connectivity index (χ3v) is 8.25. The molecule has 0 heterocycles. The fraction of sp³-hybridized carbons (Fsp3) is 0.333. The molecule has 0 bridgehead atoms. The first-order valence-corrected chi connectivity index (χ1v) is 14.9. The molecule has 0 amide bonds. The first-order valence-electron chi connectivity index (χ1n) is 14.9. The Labute approximate surface area is 239 Å². The second-order valence-electron chi connectivity index (χ2n) is 11.2. The van der Waals surface area contributed by atoms with Gasteiger partial charge in [-0.15, -0.1) is 0 Å². The van der Waals surface area contributed by atoms with E-state index in [-0.39, 0.29) is 5.41 Å². The van der Waals surface area contributed by atoms with Crippen LogP contribution in [-0.2, 0) is 5.41 Å². The second-order valence-corrected chi connectivity index (χ2v) is 11.2. The van der Waals surface area contributed by atoms with Crippen LogP contribution in [0.2, 0.25) is 0 Å². The largest absolute Gasteiger partial charge is 0.457 e. The van der Waals surface area contributed by atoms with E-state index in [0.717, 1.165) is 47.2 Å². The summed E-state index contributed by atoms with van der Waals surface area (Å²) in [6.07, 6.45) is 14.1. The Morgan fingerprint density at radius 3 is 0.975 bits per heavy atom. The van der Waals surface area contributed by atoms with E-state index in [1.54, 1.807) is 0 Å². The molecule has 0 radical (unpaired) electrons. The van der Waals surface area contributed by atoms with Gasteiger partial charge in [-0.05, 0) is 96.8 Å². The van der Waals surface area contributed by atoms with Crippen LogP contribution in [-0.4, -0.2) is 0 Å². The van der Waals surface area contributed by atoms with Crippen molar-refractivity contribution in [2.45, 2.75) is 76.0 Å². The summed E-state index contributed by atoms with van der Waals surface area (Å²) in [4.78, 5) is 0. The minimum absolute atomic E-state index is 0.0430. The van der Waals surface area contributed by atoms with Crippen molar-refractivity contribution in [2.24, 2.45) is 0 Å². The summed E-state index contributed by atoms with van der Waals surface area (Å²) in [6, 6.07) is 32.6. The van der Waals surface area contributed by atoms with Crippen molar-refractivity contribution in [3.63, 3.8) is 0 Å². The van der Waals surface area contributed by atoms with Gasteiger partial charge < -0.3 is 20.9 Å². The Kier molecular flexibility index (Phi) is 9.28. The van der Waals surface area contributed by atoms with Crippen LogP contribution in [0.25, 0.3) is 0 Å². The summed E-state index contributed by atoms with van der Waals surface area (Å²) >= 11 is 0. The van der Waals surface area contributed by atoms with Crippen molar-refractivity contribution in [2.75, 3.05) is 11.5 Å². The van der Waals surface area contributed by atoms with Gasteiger partial charge in [0.15, 0.2) is 0 Å². The quantitative estimate of drug-likeness (QED) is 0.241. The second kappa shape index (κ2) is 13.4. The summed E-state index contributed by atoms with van der Waals surface area (Å²) in [5, 5.41) is 0. The average Bonchev–Trinajstić information content (AvgIpc) is 2.97. The highest BCUT2D eigenvalue weighted by atomic mass is 16.5. The standard InChI is InChI=1S/C36H42N2O2/c37-30-14-22-34(23-15-30)39-32-18-10-28(11-19-32)36(26-8-6-4-2-1-3-5-7-9-27-36)29-12-20-33(21-13-29)40-35-24-16-31(38)17-25-35/h10-25H,1-9,26-27,37-38H2. The lowest BCUT2D eigenvalue weighted by Crippen LogP contribution is -2.28. The minimum Gasteiger partial charge on any atom is -0.457 e. The molecule has 4 heteroatoms.